The molecule has 140 valence electrons. The molecule has 2 aromatic rings. The highest BCUT2D eigenvalue weighted by molar-refractivity contribution is 6.31. The third kappa shape index (κ3) is 4.06. The number of carbonyl (C=O) groups is 1. The van der Waals surface area contributed by atoms with Crippen molar-refractivity contribution in [1.82, 2.24) is 20.1 Å². The Hall–Kier alpha value is -1.96. The van der Waals surface area contributed by atoms with Crippen molar-refractivity contribution in [2.24, 2.45) is 0 Å². The van der Waals surface area contributed by atoms with E-state index in [0.29, 0.717) is 29.6 Å². The van der Waals surface area contributed by atoms with E-state index in [1.54, 1.807) is 13.2 Å². The zero-order valence-electron chi connectivity index (χ0n) is 14.9. The average Bonchev–Trinajstić information content (AvgIpc) is 2.97. The maximum Gasteiger partial charge on any atom is 0.251 e. The average molecular weight is 379 g/mol. The quantitative estimate of drug-likeness (QED) is 0.769. The van der Waals surface area contributed by atoms with Crippen LogP contribution in [0.1, 0.15) is 46.3 Å². The van der Waals surface area contributed by atoms with Gasteiger partial charge in [-0.2, -0.15) is 0 Å². The van der Waals surface area contributed by atoms with Crippen molar-refractivity contribution in [3.05, 3.63) is 46.0 Å². The van der Waals surface area contributed by atoms with Crippen LogP contribution in [0.4, 0.5) is 0 Å². The summed E-state index contributed by atoms with van der Waals surface area (Å²) in [4.78, 5) is 12.4. The second kappa shape index (κ2) is 8.16. The number of hydrogen-bond donors (Lipinski definition) is 2. The van der Waals surface area contributed by atoms with Gasteiger partial charge >= 0.3 is 0 Å². The smallest absolute Gasteiger partial charge is 0.251 e. The highest BCUT2D eigenvalue weighted by Gasteiger charge is 2.35. The molecule has 0 spiro atoms. The number of aromatic nitrogens is 3. The Labute approximate surface area is 157 Å². The second-order valence-corrected chi connectivity index (χ2v) is 7.07. The molecule has 8 heteroatoms. The van der Waals surface area contributed by atoms with Gasteiger partial charge < -0.3 is 19.7 Å². The molecular weight excluding hydrogens is 356 g/mol. The van der Waals surface area contributed by atoms with E-state index >= 15 is 0 Å². The molecule has 1 aliphatic carbocycles. The molecule has 0 unspecified atom stereocenters. The van der Waals surface area contributed by atoms with Gasteiger partial charge in [-0.1, -0.05) is 11.6 Å². The number of carbonyl (C=O) groups excluding carboxylic acids is 1. The fourth-order valence-corrected chi connectivity index (χ4v) is 3.57. The molecular formula is C18H23ClN4O3. The highest BCUT2D eigenvalue weighted by atomic mass is 35.5. The Morgan fingerprint density at radius 2 is 2.15 bits per heavy atom. The summed E-state index contributed by atoms with van der Waals surface area (Å²) in [6, 6.07) is 5.42. The number of halogens is 1. The molecule has 26 heavy (non-hydrogen) atoms. The number of nitrogens with zero attached hydrogens (tertiary/aromatic N) is 3. The lowest BCUT2D eigenvalue weighted by Crippen LogP contribution is -2.44. The number of aryl methyl sites for hydroxylation is 1. The summed E-state index contributed by atoms with van der Waals surface area (Å²) in [7, 11) is 1.63. The van der Waals surface area contributed by atoms with Gasteiger partial charge in [0.25, 0.3) is 5.91 Å². The van der Waals surface area contributed by atoms with Crippen LogP contribution in [-0.4, -0.2) is 45.5 Å². The minimum Gasteiger partial charge on any atom is -0.388 e. The zero-order valence-corrected chi connectivity index (χ0v) is 15.7. The maximum atomic E-state index is 12.4. The first-order chi connectivity index (χ1) is 12.5. The minimum atomic E-state index is -0.155. The summed E-state index contributed by atoms with van der Waals surface area (Å²) in [5.74, 6) is 1.48. The molecule has 0 atom stereocenters. The van der Waals surface area contributed by atoms with Crippen molar-refractivity contribution in [2.45, 2.75) is 44.9 Å². The molecule has 1 amide bonds. The molecule has 1 aliphatic rings. The first-order valence-electron chi connectivity index (χ1n) is 8.61. The van der Waals surface area contributed by atoms with Crippen molar-refractivity contribution in [2.75, 3.05) is 13.7 Å². The van der Waals surface area contributed by atoms with Gasteiger partial charge in [0.15, 0.2) is 5.82 Å². The predicted molar refractivity (Wildman–Crippen MR) is 97.2 cm³/mol. The van der Waals surface area contributed by atoms with E-state index in [2.05, 4.69) is 15.5 Å². The van der Waals surface area contributed by atoms with Crippen LogP contribution in [-0.2, 0) is 17.9 Å². The molecule has 1 fully saturated rings. The van der Waals surface area contributed by atoms with Crippen molar-refractivity contribution in [1.29, 1.82) is 0 Å². The Morgan fingerprint density at radius 1 is 1.38 bits per heavy atom. The third-order valence-corrected chi connectivity index (χ3v) is 4.88. The number of benzene rings is 1. The normalized spacial score (nSPS) is 19.2. The lowest BCUT2D eigenvalue weighted by molar-refractivity contribution is 0.0906. The molecule has 0 aliphatic heterocycles. The summed E-state index contributed by atoms with van der Waals surface area (Å²) < 4.78 is 7.03. The SMILES string of the molecule is COCCn1c(CO)nnc1C1CC(NC(=O)c2cc(C)cc(Cl)c2)C1. The Balaban J connectivity index is 1.60. The Bertz CT molecular complexity index is 766. The van der Waals surface area contributed by atoms with Crippen LogP contribution in [0.15, 0.2) is 18.2 Å². The number of rotatable bonds is 7. The van der Waals surface area contributed by atoms with Crippen LogP contribution in [0.25, 0.3) is 0 Å². The monoisotopic (exact) mass is 378 g/mol. The van der Waals surface area contributed by atoms with Gasteiger partial charge in [-0.3, -0.25) is 4.79 Å². The van der Waals surface area contributed by atoms with Gasteiger partial charge in [-0.25, -0.2) is 0 Å². The van der Waals surface area contributed by atoms with Crippen molar-refractivity contribution >= 4 is 17.5 Å². The van der Waals surface area contributed by atoms with Crippen molar-refractivity contribution in [3.63, 3.8) is 0 Å². The summed E-state index contributed by atoms with van der Waals surface area (Å²) >= 11 is 6.03. The Kier molecular flexibility index (Phi) is 5.90. The van der Waals surface area contributed by atoms with Gasteiger partial charge in [0.05, 0.1) is 6.61 Å². The highest BCUT2D eigenvalue weighted by Crippen LogP contribution is 2.36. The molecule has 1 saturated carbocycles. The topological polar surface area (TPSA) is 89.3 Å². The number of hydrogen-bond acceptors (Lipinski definition) is 5. The van der Waals surface area contributed by atoms with Gasteiger partial charge in [0.1, 0.15) is 12.4 Å². The number of amides is 1. The van der Waals surface area contributed by atoms with E-state index in [1.807, 2.05) is 23.6 Å². The van der Waals surface area contributed by atoms with Crippen LogP contribution < -0.4 is 5.32 Å². The molecule has 1 aromatic carbocycles. The fraction of sp³-hybridized carbons (Fsp3) is 0.500. The molecule has 7 nitrogen and oxygen atoms in total. The zero-order chi connectivity index (χ0) is 18.7. The van der Waals surface area contributed by atoms with Gasteiger partial charge in [0, 0.05) is 36.2 Å². The van der Waals surface area contributed by atoms with Crippen LogP contribution in [0.2, 0.25) is 5.02 Å². The Morgan fingerprint density at radius 3 is 2.81 bits per heavy atom. The summed E-state index contributed by atoms with van der Waals surface area (Å²) in [6.45, 7) is 2.88. The van der Waals surface area contributed by atoms with Crippen LogP contribution in [0.5, 0.6) is 0 Å². The number of ether oxygens (including phenoxy) is 1. The van der Waals surface area contributed by atoms with E-state index in [9.17, 15) is 9.90 Å². The largest absolute Gasteiger partial charge is 0.388 e. The van der Waals surface area contributed by atoms with Gasteiger partial charge in [-0.15, -0.1) is 10.2 Å². The van der Waals surface area contributed by atoms with Crippen LogP contribution in [0, 0.1) is 6.92 Å². The molecule has 1 aromatic heterocycles. The van der Waals surface area contributed by atoms with Gasteiger partial charge in [-0.05, 0) is 43.5 Å². The summed E-state index contributed by atoms with van der Waals surface area (Å²) in [5.41, 5.74) is 1.53. The van der Waals surface area contributed by atoms with E-state index in [-0.39, 0.29) is 24.5 Å². The second-order valence-electron chi connectivity index (χ2n) is 6.63. The maximum absolute atomic E-state index is 12.4. The van der Waals surface area contributed by atoms with E-state index in [1.165, 1.54) is 0 Å². The fourth-order valence-electron chi connectivity index (χ4n) is 3.28. The number of aliphatic hydroxyl groups excluding tert-OH is 1. The van der Waals surface area contributed by atoms with Crippen LogP contribution in [0.3, 0.4) is 0 Å². The predicted octanol–water partition coefficient (Wildman–Crippen LogP) is 2.05. The van der Waals surface area contributed by atoms with E-state index in [4.69, 9.17) is 16.3 Å². The van der Waals surface area contributed by atoms with Gasteiger partial charge in [0.2, 0.25) is 0 Å². The standard InChI is InChI=1S/C18H23ClN4O3/c1-11-5-13(7-14(19)6-11)18(25)20-15-8-12(9-15)17-22-21-16(10-24)23(17)3-4-26-2/h5-7,12,15,24H,3-4,8-10H2,1-2H3,(H,20,25). The summed E-state index contributed by atoms with van der Waals surface area (Å²) in [5, 5.41) is 21.3. The molecule has 2 N–H and O–H groups in total. The third-order valence-electron chi connectivity index (χ3n) is 4.66. The van der Waals surface area contributed by atoms with E-state index in [0.717, 1.165) is 24.2 Å². The number of aliphatic hydroxyl groups is 1. The number of methoxy groups -OCH3 is 1. The molecule has 1 heterocycles. The molecule has 0 saturated heterocycles. The van der Waals surface area contributed by atoms with E-state index < -0.39 is 0 Å². The van der Waals surface area contributed by atoms with Crippen molar-refractivity contribution < 1.29 is 14.6 Å². The lowest BCUT2D eigenvalue weighted by Gasteiger charge is -2.35. The van der Waals surface area contributed by atoms with Crippen LogP contribution >= 0.6 is 11.6 Å². The lowest BCUT2D eigenvalue weighted by atomic mass is 9.79. The molecule has 0 bridgehead atoms. The first-order valence-corrected chi connectivity index (χ1v) is 8.99. The number of nitrogens with one attached hydrogen (secondary N) is 1. The minimum absolute atomic E-state index is 0.0944. The molecule has 3 rings (SSSR count). The first kappa shape index (κ1) is 18.8. The summed E-state index contributed by atoms with van der Waals surface area (Å²) in [6.07, 6.45) is 1.59. The van der Waals surface area contributed by atoms with Crippen molar-refractivity contribution in [3.8, 4) is 0 Å². The molecule has 0 radical (unpaired) electrons.